The molecule has 3 atom stereocenters. The molecule has 3 amide bonds. The number of nitrogens with one attached hydrogen (secondary N) is 2. The van der Waals surface area contributed by atoms with Crippen LogP contribution in [0.5, 0.6) is 5.88 Å². The van der Waals surface area contributed by atoms with E-state index in [2.05, 4.69) is 20.3 Å². The highest BCUT2D eigenvalue weighted by Gasteiger charge is 2.39. The molecule has 0 spiro atoms. The second kappa shape index (κ2) is 14.1. The molecule has 0 aliphatic carbocycles. The quantitative estimate of drug-likeness (QED) is 0.238. The Kier molecular flexibility index (Phi) is 10.9. The van der Waals surface area contributed by atoms with Gasteiger partial charge in [0.05, 0.1) is 22.4 Å². The van der Waals surface area contributed by atoms with Crippen molar-refractivity contribution in [1.29, 1.82) is 0 Å². The van der Waals surface area contributed by atoms with E-state index in [1.165, 1.54) is 27.9 Å². The van der Waals surface area contributed by atoms with E-state index >= 15 is 0 Å². The first-order chi connectivity index (χ1) is 19.3. The molecule has 2 aromatic heterocycles. The highest BCUT2D eigenvalue weighted by atomic mass is 32.1. The van der Waals surface area contributed by atoms with Gasteiger partial charge in [-0.15, -0.1) is 11.3 Å². The average Bonchev–Trinajstić information content (AvgIpc) is 3.53. The summed E-state index contributed by atoms with van der Waals surface area (Å²) < 4.78 is 5.49. The molecule has 0 saturated heterocycles. The molecule has 222 valence electrons. The molecule has 2 heterocycles. The summed E-state index contributed by atoms with van der Waals surface area (Å²) in [6.07, 6.45) is 3.43. The van der Waals surface area contributed by atoms with E-state index in [9.17, 15) is 19.5 Å². The Morgan fingerprint density at radius 1 is 1.15 bits per heavy atom. The number of amides is 3. The summed E-state index contributed by atoms with van der Waals surface area (Å²) in [5.41, 5.74) is 6.55. The van der Waals surface area contributed by atoms with Crippen molar-refractivity contribution < 1.29 is 24.2 Å². The molecule has 3 aromatic rings. The van der Waals surface area contributed by atoms with Crippen molar-refractivity contribution in [1.82, 2.24) is 25.2 Å². The number of aromatic amines is 1. The smallest absolute Gasteiger partial charge is 0.408 e. The Bertz CT molecular complexity index is 1270. The van der Waals surface area contributed by atoms with E-state index < -0.39 is 41.6 Å². The van der Waals surface area contributed by atoms with Crippen LogP contribution in [0.4, 0.5) is 4.79 Å². The minimum Gasteiger partial charge on any atom is -0.493 e. The molecule has 3 rings (SSSR count). The maximum Gasteiger partial charge on any atom is 0.408 e. The molecule has 0 unspecified atom stereocenters. The van der Waals surface area contributed by atoms with Crippen LogP contribution in [-0.2, 0) is 33.6 Å². The predicted octanol–water partition coefficient (Wildman–Crippen LogP) is 3.59. The van der Waals surface area contributed by atoms with Crippen LogP contribution >= 0.6 is 11.3 Å². The van der Waals surface area contributed by atoms with Crippen LogP contribution in [-0.4, -0.2) is 66.6 Å². The lowest BCUT2D eigenvalue weighted by Crippen LogP contribution is -2.60. The zero-order chi connectivity index (χ0) is 30.2. The monoisotopic (exact) mass is 584 g/mol. The van der Waals surface area contributed by atoms with Crippen molar-refractivity contribution in [2.24, 2.45) is 11.7 Å². The molecule has 41 heavy (non-hydrogen) atoms. The lowest BCUT2D eigenvalue weighted by atomic mass is 9.94. The van der Waals surface area contributed by atoms with Gasteiger partial charge in [0.25, 0.3) is 0 Å². The maximum atomic E-state index is 14.6. The first-order valence-electron chi connectivity index (χ1n) is 13.6. The van der Waals surface area contributed by atoms with Crippen molar-refractivity contribution in [2.75, 3.05) is 0 Å². The lowest BCUT2D eigenvalue weighted by molar-refractivity contribution is -0.144. The number of hydrogen-bond donors (Lipinski definition) is 4. The second-order valence-corrected chi connectivity index (χ2v) is 12.3. The van der Waals surface area contributed by atoms with Gasteiger partial charge in [-0.3, -0.25) is 9.59 Å². The number of imidazole rings is 1. The number of primary amides is 1. The number of H-pyrrole nitrogens is 1. The molecule has 12 heteroatoms. The zero-order valence-corrected chi connectivity index (χ0v) is 25.0. The standard InChI is InChI=1S/C29H40N6O5S/c1-18(2)11-21(14-25-34-24(36)16-41-25)35(23(26(30)37)13-20-15-31-17-32-20)27(38)22(12-19-9-7-6-8-10-19)33-28(39)40-29(3,4)5/h6-10,15-18,21-23,36H,11-14H2,1-5H3,(H2,30,37)(H,31,32)(H,33,39)/t21-,22-,23-/m0/s1. The fraction of sp³-hybridized carbons (Fsp3) is 0.483. The molecule has 0 saturated carbocycles. The first-order valence-corrected chi connectivity index (χ1v) is 14.5. The molecule has 0 bridgehead atoms. The van der Waals surface area contributed by atoms with Crippen molar-refractivity contribution in [2.45, 2.75) is 84.0 Å². The predicted molar refractivity (Wildman–Crippen MR) is 156 cm³/mol. The third-order valence-electron chi connectivity index (χ3n) is 6.23. The Morgan fingerprint density at radius 2 is 1.85 bits per heavy atom. The molecule has 11 nitrogen and oxygen atoms in total. The SMILES string of the molecule is CC(C)C[C@@H](Cc1nc(O)cs1)N(C(=O)[C@H](Cc1ccccc1)NC(=O)OC(C)(C)C)[C@@H](Cc1c[nH]cn1)C(N)=O. The molecule has 1 aromatic carbocycles. The Balaban J connectivity index is 2.08. The minimum atomic E-state index is -1.07. The summed E-state index contributed by atoms with van der Waals surface area (Å²) in [4.78, 5) is 53.4. The van der Waals surface area contributed by atoms with Gasteiger partial charge in [-0.1, -0.05) is 44.2 Å². The van der Waals surface area contributed by atoms with Crippen molar-refractivity contribution in [3.63, 3.8) is 0 Å². The average molecular weight is 585 g/mol. The number of thiazole rings is 1. The number of aromatic nitrogens is 3. The van der Waals surface area contributed by atoms with E-state index in [1.54, 1.807) is 27.0 Å². The summed E-state index contributed by atoms with van der Waals surface area (Å²) in [5, 5.41) is 14.8. The number of benzene rings is 1. The van der Waals surface area contributed by atoms with Gasteiger partial charge in [-0.25, -0.2) is 14.8 Å². The number of nitrogens with zero attached hydrogens (tertiary/aromatic N) is 3. The van der Waals surface area contributed by atoms with E-state index in [4.69, 9.17) is 10.5 Å². The molecule has 0 aliphatic rings. The number of rotatable bonds is 13. The van der Waals surface area contributed by atoms with Gasteiger partial charge in [-0.05, 0) is 38.7 Å². The first kappa shape index (κ1) is 31.6. The summed E-state index contributed by atoms with van der Waals surface area (Å²) in [6, 6.07) is 6.63. The summed E-state index contributed by atoms with van der Waals surface area (Å²) in [6.45, 7) is 9.25. The number of carbonyl (C=O) groups is 3. The number of ether oxygens (including phenoxy) is 1. The van der Waals surface area contributed by atoms with Crippen molar-refractivity contribution in [3.8, 4) is 5.88 Å². The van der Waals surface area contributed by atoms with Gasteiger partial charge in [0.1, 0.15) is 17.7 Å². The van der Waals surface area contributed by atoms with Crippen LogP contribution in [0.2, 0.25) is 0 Å². The highest BCUT2D eigenvalue weighted by Crippen LogP contribution is 2.26. The van der Waals surface area contributed by atoms with E-state index in [-0.39, 0.29) is 31.1 Å². The topological polar surface area (TPSA) is 164 Å². The number of nitrogens with two attached hydrogens (primary N) is 1. The van der Waals surface area contributed by atoms with Crippen molar-refractivity contribution >= 4 is 29.2 Å². The van der Waals surface area contributed by atoms with Crippen LogP contribution in [0.1, 0.15) is 57.3 Å². The normalized spacial score (nSPS) is 13.8. The Hall–Kier alpha value is -3.93. The minimum absolute atomic E-state index is 0.0762. The van der Waals surface area contributed by atoms with Crippen LogP contribution < -0.4 is 11.1 Å². The van der Waals surface area contributed by atoms with E-state index in [0.29, 0.717) is 17.1 Å². The summed E-state index contributed by atoms with van der Waals surface area (Å²) in [5.74, 6) is -1.16. The number of carbonyl (C=O) groups excluding carboxylic acids is 3. The molecule has 0 radical (unpaired) electrons. The Labute approximate surface area is 244 Å². The number of hydrogen-bond acceptors (Lipinski definition) is 8. The molecule has 0 aliphatic heterocycles. The second-order valence-electron chi connectivity index (χ2n) is 11.4. The molecule has 5 N–H and O–H groups in total. The number of aromatic hydroxyl groups is 1. The highest BCUT2D eigenvalue weighted by molar-refractivity contribution is 7.09. The summed E-state index contributed by atoms with van der Waals surface area (Å²) >= 11 is 1.27. The van der Waals surface area contributed by atoms with Gasteiger partial charge in [0, 0.05) is 31.5 Å². The molecule has 0 fully saturated rings. The lowest BCUT2D eigenvalue weighted by Gasteiger charge is -2.39. The van der Waals surface area contributed by atoms with Gasteiger partial charge >= 0.3 is 6.09 Å². The maximum absolute atomic E-state index is 14.6. The van der Waals surface area contributed by atoms with E-state index in [1.807, 2.05) is 44.2 Å². The third kappa shape index (κ3) is 9.89. The van der Waals surface area contributed by atoms with Gasteiger partial charge in [0.2, 0.25) is 17.7 Å². The van der Waals surface area contributed by atoms with Crippen LogP contribution in [0.15, 0.2) is 48.2 Å². The van der Waals surface area contributed by atoms with Gasteiger partial charge < -0.3 is 30.8 Å². The number of alkyl carbamates (subject to hydrolysis) is 1. The fourth-order valence-electron chi connectivity index (χ4n) is 4.64. The van der Waals surface area contributed by atoms with Crippen LogP contribution in [0.25, 0.3) is 0 Å². The third-order valence-corrected chi connectivity index (χ3v) is 7.09. The summed E-state index contributed by atoms with van der Waals surface area (Å²) in [7, 11) is 0. The van der Waals surface area contributed by atoms with Gasteiger partial charge in [0.15, 0.2) is 0 Å². The largest absolute Gasteiger partial charge is 0.493 e. The fourth-order valence-corrected chi connectivity index (χ4v) is 5.37. The van der Waals surface area contributed by atoms with Crippen molar-refractivity contribution in [3.05, 3.63) is 64.5 Å². The Morgan fingerprint density at radius 3 is 2.39 bits per heavy atom. The molecular weight excluding hydrogens is 544 g/mol. The molecular formula is C29H40N6O5S. The van der Waals surface area contributed by atoms with E-state index in [0.717, 1.165) is 5.56 Å². The zero-order valence-electron chi connectivity index (χ0n) is 24.2. The van der Waals surface area contributed by atoms with Crippen LogP contribution in [0, 0.1) is 5.92 Å². The van der Waals surface area contributed by atoms with Gasteiger partial charge in [-0.2, -0.15) is 0 Å². The van der Waals surface area contributed by atoms with Crippen LogP contribution in [0.3, 0.4) is 0 Å².